The molecule has 0 spiro atoms. The minimum Gasteiger partial charge on any atom is -0.386 e. The lowest BCUT2D eigenvalue weighted by Gasteiger charge is -2.38. The predicted molar refractivity (Wildman–Crippen MR) is 136 cm³/mol. The van der Waals surface area contributed by atoms with Gasteiger partial charge in [0.2, 0.25) is 6.39 Å². The lowest BCUT2D eigenvalue weighted by Crippen LogP contribution is -2.40. The normalized spacial score (nSPS) is 19.9. The monoisotopic (exact) mass is 485 g/mol. The lowest BCUT2D eigenvalue weighted by molar-refractivity contribution is 0.123. The van der Waals surface area contributed by atoms with Crippen molar-refractivity contribution in [3.05, 3.63) is 103 Å². The van der Waals surface area contributed by atoms with Gasteiger partial charge in [-0.15, -0.1) is 6.58 Å². The first-order valence-electron chi connectivity index (χ1n) is 12.2. The van der Waals surface area contributed by atoms with Crippen molar-refractivity contribution < 1.29 is 14.7 Å². The molecule has 0 amide bonds. The number of nitrogens with one attached hydrogen (secondary N) is 1. The summed E-state index contributed by atoms with van der Waals surface area (Å²) in [6.07, 6.45) is 6.81. The third-order valence-electron chi connectivity index (χ3n) is 6.99. The lowest BCUT2D eigenvalue weighted by atomic mass is 9.73. The van der Waals surface area contributed by atoms with Crippen LogP contribution in [0.2, 0.25) is 0 Å². The summed E-state index contributed by atoms with van der Waals surface area (Å²) in [5.41, 5.74) is 4.36. The van der Waals surface area contributed by atoms with Gasteiger partial charge in [0.25, 0.3) is 0 Å². The van der Waals surface area contributed by atoms with Crippen molar-refractivity contribution in [3.63, 3.8) is 0 Å². The molecule has 3 N–H and O–H groups in total. The van der Waals surface area contributed by atoms with Crippen LogP contribution in [0.4, 0.5) is 0 Å². The quantitative estimate of drug-likeness (QED) is 0.284. The number of aromatic nitrogens is 4. The zero-order valence-corrected chi connectivity index (χ0v) is 20.2. The fourth-order valence-corrected chi connectivity index (χ4v) is 5.02. The summed E-state index contributed by atoms with van der Waals surface area (Å²) >= 11 is 0. The van der Waals surface area contributed by atoms with E-state index in [2.05, 4.69) is 51.3 Å². The van der Waals surface area contributed by atoms with Crippen LogP contribution in [0.25, 0.3) is 11.1 Å². The number of aliphatic hydroxyl groups is 2. The van der Waals surface area contributed by atoms with Gasteiger partial charge in [-0.1, -0.05) is 59.8 Å². The van der Waals surface area contributed by atoms with Crippen LogP contribution >= 0.6 is 0 Å². The molecule has 0 aliphatic heterocycles. The molecule has 2 unspecified atom stereocenters. The maximum Gasteiger partial charge on any atom is 0.213 e. The fraction of sp³-hybridized carbons (Fsp3) is 0.321. The van der Waals surface area contributed by atoms with Crippen molar-refractivity contribution in [1.29, 1.82) is 0 Å². The molecule has 8 heteroatoms. The highest BCUT2D eigenvalue weighted by atomic mass is 16.5. The maximum absolute atomic E-state index is 11.4. The molecule has 0 radical (unpaired) electrons. The predicted octanol–water partition coefficient (Wildman–Crippen LogP) is 4.48. The van der Waals surface area contributed by atoms with Gasteiger partial charge in [0, 0.05) is 18.4 Å². The zero-order valence-electron chi connectivity index (χ0n) is 20.2. The highest BCUT2D eigenvalue weighted by Crippen LogP contribution is 2.43. The smallest absolute Gasteiger partial charge is 0.213 e. The number of rotatable bonds is 10. The molecule has 1 aliphatic rings. The van der Waals surface area contributed by atoms with E-state index in [-0.39, 0.29) is 0 Å². The fourth-order valence-electron chi connectivity index (χ4n) is 5.02. The Kier molecular flexibility index (Phi) is 7.09. The van der Waals surface area contributed by atoms with E-state index in [4.69, 9.17) is 4.52 Å². The van der Waals surface area contributed by atoms with Gasteiger partial charge in [0.05, 0.1) is 12.6 Å². The molecule has 3 atom stereocenters. The average Bonchev–Trinajstić information content (AvgIpc) is 3.57. The van der Waals surface area contributed by atoms with Crippen molar-refractivity contribution in [2.24, 2.45) is 0 Å². The van der Waals surface area contributed by atoms with Crippen molar-refractivity contribution in [3.8, 4) is 11.1 Å². The Morgan fingerprint density at radius 3 is 2.67 bits per heavy atom. The van der Waals surface area contributed by atoms with Crippen LogP contribution in [0, 0.1) is 0 Å². The number of nitrogens with zero attached hydrogens (tertiary/aromatic N) is 4. The molecule has 36 heavy (non-hydrogen) atoms. The van der Waals surface area contributed by atoms with E-state index in [0.29, 0.717) is 30.2 Å². The van der Waals surface area contributed by atoms with Crippen molar-refractivity contribution in [2.75, 3.05) is 0 Å². The van der Waals surface area contributed by atoms with Crippen molar-refractivity contribution >= 4 is 0 Å². The van der Waals surface area contributed by atoms with E-state index in [1.807, 2.05) is 24.3 Å². The summed E-state index contributed by atoms with van der Waals surface area (Å²) in [6.45, 7) is 6.19. The van der Waals surface area contributed by atoms with Gasteiger partial charge in [0.15, 0.2) is 5.82 Å². The Morgan fingerprint density at radius 2 is 1.97 bits per heavy atom. The van der Waals surface area contributed by atoms with Crippen LogP contribution in [0.15, 0.2) is 84.5 Å². The van der Waals surface area contributed by atoms with Gasteiger partial charge in [-0.25, -0.2) is 4.98 Å². The van der Waals surface area contributed by atoms with Crippen LogP contribution in [-0.4, -0.2) is 35.9 Å². The van der Waals surface area contributed by atoms with E-state index in [1.54, 1.807) is 30.0 Å². The molecule has 2 aromatic heterocycles. The SMILES string of the molecule is C=CC(C(O)c1ccc(-c2ccccc2)c(C2CC(NCc3ncon3)C2)c1)n1ccnc1[C@H](C)O. The molecule has 4 aromatic rings. The first kappa shape index (κ1) is 24.1. The minimum absolute atomic E-state index is 0.360. The van der Waals surface area contributed by atoms with Gasteiger partial charge < -0.3 is 24.6 Å². The summed E-state index contributed by atoms with van der Waals surface area (Å²) < 4.78 is 6.60. The molecule has 1 saturated carbocycles. The Morgan fingerprint density at radius 1 is 1.17 bits per heavy atom. The summed E-state index contributed by atoms with van der Waals surface area (Å²) in [5, 5.41) is 28.9. The van der Waals surface area contributed by atoms with Crippen LogP contribution in [0.1, 0.15) is 66.7 Å². The number of hydrogen-bond donors (Lipinski definition) is 3. The largest absolute Gasteiger partial charge is 0.386 e. The summed E-state index contributed by atoms with van der Waals surface area (Å²) in [6, 6.07) is 16.5. The van der Waals surface area contributed by atoms with Crippen molar-refractivity contribution in [2.45, 2.75) is 56.5 Å². The van der Waals surface area contributed by atoms with Crippen molar-refractivity contribution in [1.82, 2.24) is 25.0 Å². The topological polar surface area (TPSA) is 109 Å². The molecule has 1 aliphatic carbocycles. The third-order valence-corrected chi connectivity index (χ3v) is 6.99. The number of hydrogen-bond acceptors (Lipinski definition) is 7. The number of imidazole rings is 1. The van der Waals surface area contributed by atoms with Gasteiger partial charge in [-0.2, -0.15) is 4.98 Å². The molecular formula is C28H31N5O3. The average molecular weight is 486 g/mol. The zero-order chi connectivity index (χ0) is 25.1. The molecule has 5 rings (SSSR count). The number of aliphatic hydroxyl groups excluding tert-OH is 2. The maximum atomic E-state index is 11.4. The van der Waals surface area contributed by atoms with Crippen LogP contribution in [-0.2, 0) is 6.54 Å². The summed E-state index contributed by atoms with van der Waals surface area (Å²) in [4.78, 5) is 8.33. The Balaban J connectivity index is 1.41. The molecule has 2 aromatic carbocycles. The molecule has 186 valence electrons. The van der Waals surface area contributed by atoms with E-state index < -0.39 is 18.2 Å². The first-order chi connectivity index (χ1) is 17.5. The first-order valence-corrected chi connectivity index (χ1v) is 12.2. The third kappa shape index (κ3) is 4.88. The minimum atomic E-state index is -0.843. The van der Waals surface area contributed by atoms with Gasteiger partial charge in [0.1, 0.15) is 18.0 Å². The summed E-state index contributed by atoms with van der Waals surface area (Å²) in [5.74, 6) is 1.51. The molecule has 8 nitrogen and oxygen atoms in total. The van der Waals surface area contributed by atoms with Crippen LogP contribution in [0.3, 0.4) is 0 Å². The molecule has 1 fully saturated rings. The van der Waals surface area contributed by atoms with Gasteiger partial charge >= 0.3 is 0 Å². The highest BCUT2D eigenvalue weighted by Gasteiger charge is 2.33. The second-order valence-electron chi connectivity index (χ2n) is 9.35. The molecule has 0 saturated heterocycles. The Bertz CT molecular complexity index is 1280. The van der Waals surface area contributed by atoms with Gasteiger partial charge in [-0.05, 0) is 47.9 Å². The van der Waals surface area contributed by atoms with Gasteiger partial charge in [-0.3, -0.25) is 0 Å². The van der Waals surface area contributed by atoms with Crippen LogP contribution < -0.4 is 5.32 Å². The number of benzene rings is 2. The molecular weight excluding hydrogens is 454 g/mol. The van der Waals surface area contributed by atoms with E-state index in [9.17, 15) is 10.2 Å². The second-order valence-corrected chi connectivity index (χ2v) is 9.35. The highest BCUT2D eigenvalue weighted by molar-refractivity contribution is 5.69. The molecule has 0 bridgehead atoms. The van der Waals surface area contributed by atoms with E-state index >= 15 is 0 Å². The molecule has 2 heterocycles. The van der Waals surface area contributed by atoms with Crippen LogP contribution in [0.5, 0.6) is 0 Å². The second kappa shape index (κ2) is 10.6. The summed E-state index contributed by atoms with van der Waals surface area (Å²) in [7, 11) is 0. The standard InChI is InChI=1S/C28H31N5O3/c1-3-25(33-12-11-29-28(33)18(2)34)27(35)20-9-10-23(19-7-5-4-6-8-19)24(15-20)21-13-22(14-21)30-16-26-31-17-36-32-26/h3-12,15,17-18,21-22,25,27,30,34-35H,1,13-14,16H2,2H3/t18-,21?,22?,25?,27?/m0/s1. The van der Waals surface area contributed by atoms with E-state index in [1.165, 1.54) is 17.5 Å². The van der Waals surface area contributed by atoms with E-state index in [0.717, 1.165) is 24.0 Å². The Labute approximate surface area is 210 Å². The Hall–Kier alpha value is -3.59.